The van der Waals surface area contributed by atoms with Crippen LogP contribution in [0.5, 0.6) is 5.75 Å². The van der Waals surface area contributed by atoms with Gasteiger partial charge >= 0.3 is 0 Å². The number of amidine groups is 1. The molecule has 1 heterocycles. The summed E-state index contributed by atoms with van der Waals surface area (Å²) in [5.74, 6) is 0.771. The summed E-state index contributed by atoms with van der Waals surface area (Å²) in [6.45, 7) is 4.17. The minimum absolute atomic E-state index is 0.0216. The highest BCUT2D eigenvalue weighted by Crippen LogP contribution is 2.24. The number of nitrogens with zero attached hydrogens (tertiary/aromatic N) is 2. The number of rotatable bonds is 5. The van der Waals surface area contributed by atoms with E-state index >= 15 is 0 Å². The number of nitrogens with one attached hydrogen (secondary N) is 1. The summed E-state index contributed by atoms with van der Waals surface area (Å²) < 4.78 is 5.12. The first-order chi connectivity index (χ1) is 12.5. The van der Waals surface area contributed by atoms with Crippen LogP contribution in [0.2, 0.25) is 0 Å². The number of carbonyl (C=O) groups excluding carboxylic acids is 1. The first-order valence-electron chi connectivity index (χ1n) is 8.34. The third-order valence-corrected chi connectivity index (χ3v) is 5.31. The molecule has 3 rings (SSSR count). The summed E-state index contributed by atoms with van der Waals surface area (Å²) in [5.41, 5.74) is 4.57. The van der Waals surface area contributed by atoms with Gasteiger partial charge in [0, 0.05) is 0 Å². The summed E-state index contributed by atoms with van der Waals surface area (Å²) >= 11 is 1.42. The van der Waals surface area contributed by atoms with Gasteiger partial charge in [0.15, 0.2) is 5.17 Å². The molecule has 1 N–H and O–H groups in total. The zero-order valence-corrected chi connectivity index (χ0v) is 15.8. The van der Waals surface area contributed by atoms with Gasteiger partial charge in [-0.25, -0.2) is 0 Å². The Bertz CT molecular complexity index is 860. The molecule has 0 aliphatic carbocycles. The molecule has 0 spiro atoms. The van der Waals surface area contributed by atoms with Crippen LogP contribution in [0.1, 0.15) is 22.3 Å². The number of carbonyl (C=O) groups is 1. The van der Waals surface area contributed by atoms with Gasteiger partial charge < -0.3 is 10.1 Å². The fourth-order valence-electron chi connectivity index (χ4n) is 2.57. The Morgan fingerprint density at radius 2 is 1.92 bits per heavy atom. The lowest BCUT2D eigenvalue weighted by Gasteiger charge is -2.07. The summed E-state index contributed by atoms with van der Waals surface area (Å²) in [7, 11) is 1.63. The number of methoxy groups -OCH3 is 1. The molecule has 0 bridgehead atoms. The summed E-state index contributed by atoms with van der Waals surface area (Å²) in [5, 5.41) is 11.3. The van der Waals surface area contributed by atoms with Crippen molar-refractivity contribution < 1.29 is 9.53 Å². The second-order valence-electron chi connectivity index (χ2n) is 6.14. The fraction of sp³-hybridized carbons (Fsp3) is 0.250. The Morgan fingerprint density at radius 3 is 2.62 bits per heavy atom. The molecule has 0 unspecified atom stereocenters. The molecule has 1 amide bonds. The van der Waals surface area contributed by atoms with Gasteiger partial charge in [-0.3, -0.25) is 4.79 Å². The van der Waals surface area contributed by atoms with Crippen molar-refractivity contribution >= 4 is 29.1 Å². The molecule has 2 aromatic carbocycles. The standard InChI is InChI=1S/C20H21N3O2S/c1-13-4-5-16(10-14(13)2)11-18-19(24)22-20(26-18)23-21-12-15-6-8-17(25-3)9-7-15/h4-10,12,18H,11H2,1-3H3,(H,22,23,24)/b21-12-/t18-/m0/s1. The predicted octanol–water partition coefficient (Wildman–Crippen LogP) is 3.48. The van der Waals surface area contributed by atoms with E-state index in [1.54, 1.807) is 13.3 Å². The van der Waals surface area contributed by atoms with Crippen molar-refractivity contribution in [3.8, 4) is 5.75 Å². The first kappa shape index (κ1) is 18.2. The highest BCUT2D eigenvalue weighted by molar-refractivity contribution is 8.15. The molecule has 0 saturated carbocycles. The van der Waals surface area contributed by atoms with Crippen molar-refractivity contribution in [1.82, 2.24) is 5.32 Å². The van der Waals surface area contributed by atoms with E-state index in [1.165, 1.54) is 22.9 Å². The van der Waals surface area contributed by atoms with E-state index in [4.69, 9.17) is 4.74 Å². The first-order valence-corrected chi connectivity index (χ1v) is 9.22. The van der Waals surface area contributed by atoms with Gasteiger partial charge in [0.05, 0.1) is 18.6 Å². The van der Waals surface area contributed by atoms with Crippen LogP contribution in [0.25, 0.3) is 0 Å². The van der Waals surface area contributed by atoms with Crippen LogP contribution >= 0.6 is 11.8 Å². The average molecular weight is 367 g/mol. The van der Waals surface area contributed by atoms with Crippen LogP contribution in [0.15, 0.2) is 52.7 Å². The maximum Gasteiger partial charge on any atom is 0.239 e. The highest BCUT2D eigenvalue weighted by atomic mass is 32.2. The van der Waals surface area contributed by atoms with Gasteiger partial charge in [0.2, 0.25) is 5.91 Å². The smallest absolute Gasteiger partial charge is 0.239 e. The van der Waals surface area contributed by atoms with E-state index in [1.807, 2.05) is 24.3 Å². The van der Waals surface area contributed by atoms with Gasteiger partial charge in [-0.15, -0.1) is 5.10 Å². The molecule has 0 aromatic heterocycles. The van der Waals surface area contributed by atoms with Crippen LogP contribution in [0, 0.1) is 13.8 Å². The van der Waals surface area contributed by atoms with Crippen molar-refractivity contribution in [1.29, 1.82) is 0 Å². The average Bonchev–Trinajstić information content (AvgIpc) is 2.98. The van der Waals surface area contributed by atoms with Crippen molar-refractivity contribution in [3.63, 3.8) is 0 Å². The van der Waals surface area contributed by atoms with Crippen LogP contribution in [-0.4, -0.2) is 29.6 Å². The number of amides is 1. The molecule has 26 heavy (non-hydrogen) atoms. The molecule has 2 aromatic rings. The van der Waals surface area contributed by atoms with Gasteiger partial charge in [-0.2, -0.15) is 5.10 Å². The molecule has 5 nitrogen and oxygen atoms in total. The molecule has 0 radical (unpaired) electrons. The molecule has 1 aliphatic heterocycles. The monoisotopic (exact) mass is 367 g/mol. The maximum absolute atomic E-state index is 12.2. The molecule has 1 atom stereocenters. The van der Waals surface area contributed by atoms with Crippen LogP contribution in [-0.2, 0) is 11.2 Å². The lowest BCUT2D eigenvalue weighted by atomic mass is 10.0. The Balaban J connectivity index is 1.61. The largest absolute Gasteiger partial charge is 0.497 e. The van der Waals surface area contributed by atoms with E-state index in [0.717, 1.165) is 16.9 Å². The Morgan fingerprint density at radius 1 is 1.15 bits per heavy atom. The van der Waals surface area contributed by atoms with Crippen molar-refractivity contribution in [2.45, 2.75) is 25.5 Å². The summed E-state index contributed by atoms with van der Waals surface area (Å²) in [6.07, 6.45) is 2.33. The van der Waals surface area contributed by atoms with Crippen LogP contribution in [0.3, 0.4) is 0 Å². The number of hydrogen-bond acceptors (Lipinski definition) is 5. The Hall–Kier alpha value is -2.60. The fourth-order valence-corrected chi connectivity index (χ4v) is 3.53. The van der Waals surface area contributed by atoms with E-state index in [9.17, 15) is 4.79 Å². The quantitative estimate of drug-likeness (QED) is 0.650. The molecular formula is C20H21N3O2S. The highest BCUT2D eigenvalue weighted by Gasteiger charge is 2.30. The van der Waals surface area contributed by atoms with Crippen molar-refractivity contribution in [2.24, 2.45) is 10.2 Å². The minimum Gasteiger partial charge on any atom is -0.497 e. The van der Waals surface area contributed by atoms with Crippen LogP contribution in [0.4, 0.5) is 0 Å². The molecule has 1 aliphatic rings. The van der Waals surface area contributed by atoms with Crippen LogP contribution < -0.4 is 10.1 Å². The zero-order valence-electron chi connectivity index (χ0n) is 15.0. The molecular weight excluding hydrogens is 346 g/mol. The lowest BCUT2D eigenvalue weighted by molar-refractivity contribution is -0.118. The van der Waals surface area contributed by atoms with Crippen molar-refractivity contribution in [3.05, 3.63) is 64.7 Å². The van der Waals surface area contributed by atoms with E-state index in [2.05, 4.69) is 47.6 Å². The van der Waals surface area contributed by atoms with Gasteiger partial charge in [0.25, 0.3) is 0 Å². The van der Waals surface area contributed by atoms with Gasteiger partial charge in [-0.1, -0.05) is 30.0 Å². The maximum atomic E-state index is 12.2. The van der Waals surface area contributed by atoms with E-state index < -0.39 is 0 Å². The number of aryl methyl sites for hydroxylation is 2. The Kier molecular flexibility index (Phi) is 5.73. The SMILES string of the molecule is COc1ccc(/C=N\N=C2/NC(=O)[C@H](Cc3ccc(C)c(C)c3)S2)cc1. The van der Waals surface area contributed by atoms with Gasteiger partial charge in [0.1, 0.15) is 5.75 Å². The summed E-state index contributed by atoms with van der Waals surface area (Å²) in [6, 6.07) is 13.8. The van der Waals surface area contributed by atoms with E-state index in [-0.39, 0.29) is 11.2 Å². The molecule has 134 valence electrons. The number of thioether (sulfide) groups is 1. The second kappa shape index (κ2) is 8.19. The summed E-state index contributed by atoms with van der Waals surface area (Å²) in [4.78, 5) is 12.2. The molecule has 6 heteroatoms. The zero-order chi connectivity index (χ0) is 18.5. The predicted molar refractivity (Wildman–Crippen MR) is 107 cm³/mol. The third-order valence-electron chi connectivity index (χ3n) is 4.24. The number of ether oxygens (including phenoxy) is 1. The molecule has 1 saturated heterocycles. The van der Waals surface area contributed by atoms with E-state index in [0.29, 0.717) is 11.6 Å². The van der Waals surface area contributed by atoms with Crippen molar-refractivity contribution in [2.75, 3.05) is 7.11 Å². The third kappa shape index (κ3) is 4.52. The lowest BCUT2D eigenvalue weighted by Crippen LogP contribution is -2.25. The molecule has 1 fully saturated rings. The number of benzene rings is 2. The topological polar surface area (TPSA) is 63.1 Å². The Labute approximate surface area is 157 Å². The minimum atomic E-state index is -0.174. The second-order valence-corrected chi connectivity index (χ2v) is 7.33. The van der Waals surface area contributed by atoms with Gasteiger partial charge in [-0.05, 0) is 66.8 Å². The number of hydrogen-bond donors (Lipinski definition) is 1. The normalized spacial score (nSPS) is 18.5.